The lowest BCUT2D eigenvalue weighted by atomic mass is 9.58. The Morgan fingerprint density at radius 1 is 1.09 bits per heavy atom. The first-order valence-electron chi connectivity index (χ1n) is 4.88. The predicted octanol–water partition coefficient (Wildman–Crippen LogP) is 2.05. The van der Waals surface area contributed by atoms with Gasteiger partial charge in [-0.25, -0.2) is 0 Å². The van der Waals surface area contributed by atoms with E-state index in [2.05, 4.69) is 13.8 Å². The minimum absolute atomic E-state index is 0.0277. The summed E-state index contributed by atoms with van der Waals surface area (Å²) in [4.78, 5) is 0. The van der Waals surface area contributed by atoms with E-state index in [1.54, 1.807) is 0 Å². The SMILES string of the molecule is C[C@@H]1[C@H]2CC[C@H](C(O)C2)[C@@H]1C. The van der Waals surface area contributed by atoms with E-state index in [0.717, 1.165) is 24.2 Å². The van der Waals surface area contributed by atoms with Crippen molar-refractivity contribution in [1.29, 1.82) is 0 Å². The van der Waals surface area contributed by atoms with Gasteiger partial charge in [-0.1, -0.05) is 13.8 Å². The van der Waals surface area contributed by atoms with Gasteiger partial charge in [0.25, 0.3) is 0 Å². The zero-order valence-electron chi connectivity index (χ0n) is 7.46. The van der Waals surface area contributed by atoms with Crippen LogP contribution in [0.4, 0.5) is 0 Å². The molecule has 0 aromatic carbocycles. The van der Waals surface area contributed by atoms with Crippen LogP contribution in [0.3, 0.4) is 0 Å². The lowest BCUT2D eigenvalue weighted by Crippen LogP contribution is -2.45. The molecule has 11 heavy (non-hydrogen) atoms. The van der Waals surface area contributed by atoms with E-state index in [1.165, 1.54) is 12.8 Å². The van der Waals surface area contributed by atoms with Crippen molar-refractivity contribution in [3.8, 4) is 0 Å². The molecule has 0 radical (unpaired) electrons. The standard InChI is InChI=1S/C10H18O/c1-6-7(2)9-4-3-8(6)5-10(9)11/h6-11H,3-5H2,1-2H3/t6-,7+,8-,9-,10?/m0/s1. The van der Waals surface area contributed by atoms with Crippen molar-refractivity contribution in [2.75, 3.05) is 0 Å². The first kappa shape index (κ1) is 7.60. The van der Waals surface area contributed by atoms with Gasteiger partial charge in [-0.15, -0.1) is 0 Å². The fourth-order valence-corrected chi connectivity index (χ4v) is 3.11. The molecule has 3 aliphatic carbocycles. The van der Waals surface area contributed by atoms with Gasteiger partial charge in [0, 0.05) is 0 Å². The van der Waals surface area contributed by atoms with Crippen molar-refractivity contribution >= 4 is 0 Å². The van der Waals surface area contributed by atoms with Gasteiger partial charge in [0.2, 0.25) is 0 Å². The summed E-state index contributed by atoms with van der Waals surface area (Å²) in [5.74, 6) is 3.06. The molecule has 1 nitrogen and oxygen atoms in total. The lowest BCUT2D eigenvalue weighted by Gasteiger charge is -2.48. The summed E-state index contributed by atoms with van der Waals surface area (Å²) in [5.41, 5.74) is 0. The lowest BCUT2D eigenvalue weighted by molar-refractivity contribution is -0.0640. The summed E-state index contributed by atoms with van der Waals surface area (Å²) in [6.07, 6.45) is 3.75. The van der Waals surface area contributed by atoms with Gasteiger partial charge in [-0.05, 0) is 42.9 Å². The first-order chi connectivity index (χ1) is 5.20. The average molecular weight is 154 g/mol. The van der Waals surface area contributed by atoms with Crippen molar-refractivity contribution in [3.05, 3.63) is 0 Å². The number of rotatable bonds is 0. The minimum atomic E-state index is 0.0277. The monoisotopic (exact) mass is 154 g/mol. The van der Waals surface area contributed by atoms with Crippen LogP contribution in [0, 0.1) is 23.7 Å². The molecule has 3 saturated carbocycles. The molecule has 3 fully saturated rings. The van der Waals surface area contributed by atoms with Crippen molar-refractivity contribution in [1.82, 2.24) is 0 Å². The van der Waals surface area contributed by atoms with Gasteiger partial charge in [0.1, 0.15) is 0 Å². The molecule has 64 valence electrons. The maximum Gasteiger partial charge on any atom is 0.0573 e. The van der Waals surface area contributed by atoms with Crippen molar-refractivity contribution in [2.45, 2.75) is 39.2 Å². The van der Waals surface area contributed by atoms with Gasteiger partial charge in [-0.3, -0.25) is 0 Å². The fourth-order valence-electron chi connectivity index (χ4n) is 3.11. The summed E-state index contributed by atoms with van der Waals surface area (Å²) < 4.78 is 0. The molecule has 1 N–H and O–H groups in total. The molecular formula is C10H18O. The summed E-state index contributed by atoms with van der Waals surface area (Å²) >= 11 is 0. The Bertz CT molecular complexity index is 153. The Kier molecular flexibility index (Phi) is 1.71. The molecule has 1 heteroatoms. The smallest absolute Gasteiger partial charge is 0.0573 e. The van der Waals surface area contributed by atoms with Crippen LogP contribution in [0.2, 0.25) is 0 Å². The molecule has 0 aromatic heterocycles. The van der Waals surface area contributed by atoms with Gasteiger partial charge in [0.05, 0.1) is 6.10 Å². The van der Waals surface area contributed by atoms with Gasteiger partial charge in [-0.2, -0.15) is 0 Å². The number of hydrogen-bond donors (Lipinski definition) is 1. The van der Waals surface area contributed by atoms with E-state index >= 15 is 0 Å². The van der Waals surface area contributed by atoms with E-state index in [9.17, 15) is 5.11 Å². The summed E-state index contributed by atoms with van der Waals surface area (Å²) in [6, 6.07) is 0. The molecule has 0 aliphatic heterocycles. The normalized spacial score (nSPS) is 56.5. The van der Waals surface area contributed by atoms with Gasteiger partial charge in [0.15, 0.2) is 0 Å². The second kappa shape index (κ2) is 2.48. The highest BCUT2D eigenvalue weighted by molar-refractivity contribution is 4.93. The van der Waals surface area contributed by atoms with Crippen molar-refractivity contribution in [3.63, 3.8) is 0 Å². The zero-order chi connectivity index (χ0) is 8.01. The molecule has 0 saturated heterocycles. The molecule has 3 rings (SSSR count). The molecule has 5 atom stereocenters. The summed E-state index contributed by atoms with van der Waals surface area (Å²) in [7, 11) is 0. The third-order valence-electron chi connectivity index (χ3n) is 4.16. The van der Waals surface area contributed by atoms with E-state index in [4.69, 9.17) is 0 Å². The Morgan fingerprint density at radius 2 is 1.82 bits per heavy atom. The Labute approximate surface area is 68.8 Å². The van der Waals surface area contributed by atoms with Crippen LogP contribution in [0.1, 0.15) is 33.1 Å². The number of aliphatic hydroxyl groups excluding tert-OH is 1. The van der Waals surface area contributed by atoms with E-state index in [1.807, 2.05) is 0 Å². The molecule has 2 bridgehead atoms. The summed E-state index contributed by atoms with van der Waals surface area (Å²) in [5, 5.41) is 9.69. The highest BCUT2D eigenvalue weighted by Crippen LogP contribution is 2.48. The first-order valence-corrected chi connectivity index (χ1v) is 4.88. The highest BCUT2D eigenvalue weighted by Gasteiger charge is 2.43. The predicted molar refractivity (Wildman–Crippen MR) is 45.2 cm³/mol. The Hall–Kier alpha value is -0.0400. The molecular weight excluding hydrogens is 136 g/mol. The van der Waals surface area contributed by atoms with Crippen LogP contribution in [-0.4, -0.2) is 11.2 Å². The van der Waals surface area contributed by atoms with Crippen molar-refractivity contribution < 1.29 is 5.11 Å². The quantitative estimate of drug-likeness (QED) is 0.566. The number of fused-ring (bicyclic) bond motifs is 3. The van der Waals surface area contributed by atoms with Crippen LogP contribution >= 0.6 is 0 Å². The molecule has 0 amide bonds. The number of aliphatic hydroxyl groups is 1. The fraction of sp³-hybridized carbons (Fsp3) is 1.00. The van der Waals surface area contributed by atoms with Gasteiger partial charge < -0.3 is 5.11 Å². The third-order valence-corrected chi connectivity index (χ3v) is 4.16. The van der Waals surface area contributed by atoms with Crippen LogP contribution in [0.5, 0.6) is 0 Å². The van der Waals surface area contributed by atoms with Crippen molar-refractivity contribution in [2.24, 2.45) is 23.7 Å². The average Bonchev–Trinajstić information content (AvgIpc) is 1.99. The molecule has 0 spiro atoms. The van der Waals surface area contributed by atoms with E-state index in [0.29, 0.717) is 5.92 Å². The Balaban J connectivity index is 2.16. The maximum absolute atomic E-state index is 9.69. The molecule has 1 unspecified atom stereocenters. The second-order valence-corrected chi connectivity index (χ2v) is 4.52. The van der Waals surface area contributed by atoms with Crippen LogP contribution in [0.15, 0.2) is 0 Å². The minimum Gasteiger partial charge on any atom is -0.393 e. The molecule has 0 heterocycles. The molecule has 0 aromatic rings. The number of hydrogen-bond acceptors (Lipinski definition) is 1. The highest BCUT2D eigenvalue weighted by atomic mass is 16.3. The van der Waals surface area contributed by atoms with E-state index < -0.39 is 0 Å². The topological polar surface area (TPSA) is 20.2 Å². The molecule has 3 aliphatic rings. The largest absolute Gasteiger partial charge is 0.393 e. The third kappa shape index (κ3) is 1.01. The maximum atomic E-state index is 9.69. The summed E-state index contributed by atoms with van der Waals surface area (Å²) in [6.45, 7) is 4.66. The van der Waals surface area contributed by atoms with E-state index in [-0.39, 0.29) is 6.10 Å². The van der Waals surface area contributed by atoms with Crippen LogP contribution < -0.4 is 0 Å². The Morgan fingerprint density at radius 3 is 2.27 bits per heavy atom. The zero-order valence-corrected chi connectivity index (χ0v) is 7.46. The second-order valence-electron chi connectivity index (χ2n) is 4.52. The van der Waals surface area contributed by atoms with Crippen LogP contribution in [-0.2, 0) is 0 Å². The van der Waals surface area contributed by atoms with Gasteiger partial charge >= 0.3 is 0 Å². The van der Waals surface area contributed by atoms with Crippen LogP contribution in [0.25, 0.3) is 0 Å².